The molecular formula is C14H16BrClN2O2. The number of benzene rings is 1. The van der Waals surface area contributed by atoms with E-state index in [-0.39, 0.29) is 24.4 Å². The maximum Gasteiger partial charge on any atom is 0.307 e. The summed E-state index contributed by atoms with van der Waals surface area (Å²) in [5.74, 6) is -0.190. The molecule has 1 aliphatic heterocycles. The Hall–Kier alpha value is -1.04. The number of halogens is 2. The molecule has 4 nitrogen and oxygen atoms in total. The number of fused-ring (bicyclic) bond motifs is 3. The minimum atomic E-state index is -0.190. The monoisotopic (exact) mass is 358 g/mol. The third-order valence-corrected chi connectivity index (χ3v) is 4.11. The molecule has 2 aromatic rings. The van der Waals surface area contributed by atoms with Gasteiger partial charge in [0.1, 0.15) is 0 Å². The molecule has 1 atom stereocenters. The number of aromatic amines is 1. The maximum atomic E-state index is 11.5. The van der Waals surface area contributed by atoms with Crippen LogP contribution in [0.4, 0.5) is 0 Å². The average Bonchev–Trinajstić information content (AvgIpc) is 2.78. The van der Waals surface area contributed by atoms with Gasteiger partial charge in [0, 0.05) is 21.1 Å². The van der Waals surface area contributed by atoms with E-state index in [2.05, 4.69) is 38.4 Å². The van der Waals surface area contributed by atoms with Gasteiger partial charge in [-0.2, -0.15) is 0 Å². The van der Waals surface area contributed by atoms with E-state index < -0.39 is 0 Å². The number of aromatic nitrogens is 1. The first-order valence-corrected chi connectivity index (χ1v) is 7.08. The summed E-state index contributed by atoms with van der Waals surface area (Å²) in [7, 11) is 1.42. The molecule has 6 heteroatoms. The number of H-pyrrole nitrogens is 1. The summed E-state index contributed by atoms with van der Waals surface area (Å²) in [6, 6.07) is 6.23. The van der Waals surface area contributed by atoms with Gasteiger partial charge in [-0.3, -0.25) is 4.79 Å². The smallest absolute Gasteiger partial charge is 0.307 e. The van der Waals surface area contributed by atoms with Crippen LogP contribution in [0.5, 0.6) is 0 Å². The Morgan fingerprint density at radius 2 is 2.30 bits per heavy atom. The molecule has 0 saturated heterocycles. The molecule has 2 heterocycles. The van der Waals surface area contributed by atoms with Crippen LogP contribution in [0.15, 0.2) is 22.7 Å². The zero-order valence-corrected chi connectivity index (χ0v) is 13.4. The van der Waals surface area contributed by atoms with Crippen LogP contribution in [0.25, 0.3) is 10.9 Å². The van der Waals surface area contributed by atoms with E-state index in [1.165, 1.54) is 18.1 Å². The Morgan fingerprint density at radius 3 is 3.05 bits per heavy atom. The number of carbonyl (C=O) groups excluding carboxylic acids is 1. The van der Waals surface area contributed by atoms with Crippen LogP contribution in [0.1, 0.15) is 23.7 Å². The van der Waals surface area contributed by atoms with E-state index >= 15 is 0 Å². The van der Waals surface area contributed by atoms with Crippen LogP contribution < -0.4 is 5.32 Å². The van der Waals surface area contributed by atoms with Crippen molar-refractivity contribution in [2.24, 2.45) is 0 Å². The molecule has 0 bridgehead atoms. The molecule has 0 aliphatic carbocycles. The first kappa shape index (κ1) is 15.4. The predicted octanol–water partition coefficient (Wildman–Crippen LogP) is 3.10. The van der Waals surface area contributed by atoms with Gasteiger partial charge in [-0.05, 0) is 36.7 Å². The summed E-state index contributed by atoms with van der Waals surface area (Å²) in [6.45, 7) is 0.883. The highest BCUT2D eigenvalue weighted by Crippen LogP contribution is 2.33. The van der Waals surface area contributed by atoms with E-state index in [1.807, 2.05) is 6.07 Å². The molecule has 1 aromatic carbocycles. The number of hydrogen-bond acceptors (Lipinski definition) is 3. The van der Waals surface area contributed by atoms with Crippen LogP contribution in [0.2, 0.25) is 0 Å². The molecule has 0 fully saturated rings. The lowest BCUT2D eigenvalue weighted by atomic mass is 9.97. The normalized spacial score (nSPS) is 17.4. The Bertz CT molecular complexity index is 641. The van der Waals surface area contributed by atoms with Crippen LogP contribution >= 0.6 is 28.3 Å². The van der Waals surface area contributed by atoms with Crippen LogP contribution in [0, 0.1) is 0 Å². The van der Waals surface area contributed by atoms with Gasteiger partial charge in [0.2, 0.25) is 0 Å². The molecule has 0 radical (unpaired) electrons. The zero-order chi connectivity index (χ0) is 13.4. The SMILES string of the molecule is COC(=O)CC1NCCc2c1[nH]c1ccc(Br)cc21.Cl. The molecule has 1 unspecified atom stereocenters. The summed E-state index contributed by atoms with van der Waals surface area (Å²) in [5, 5.41) is 4.61. The lowest BCUT2D eigenvalue weighted by Gasteiger charge is -2.23. The highest BCUT2D eigenvalue weighted by atomic mass is 79.9. The third kappa shape index (κ3) is 2.71. The topological polar surface area (TPSA) is 54.1 Å². The summed E-state index contributed by atoms with van der Waals surface area (Å²) in [5.41, 5.74) is 3.54. The summed E-state index contributed by atoms with van der Waals surface area (Å²) >= 11 is 3.51. The molecule has 0 amide bonds. The number of esters is 1. The minimum absolute atomic E-state index is 0. The maximum absolute atomic E-state index is 11.5. The predicted molar refractivity (Wildman–Crippen MR) is 84.3 cm³/mol. The second-order valence-electron chi connectivity index (χ2n) is 4.74. The Labute approximate surface area is 131 Å². The van der Waals surface area contributed by atoms with Crippen LogP contribution in [-0.4, -0.2) is 24.6 Å². The van der Waals surface area contributed by atoms with Gasteiger partial charge in [-0.15, -0.1) is 12.4 Å². The van der Waals surface area contributed by atoms with E-state index in [1.54, 1.807) is 0 Å². The van der Waals surface area contributed by atoms with Crippen LogP contribution in [-0.2, 0) is 16.0 Å². The lowest BCUT2D eigenvalue weighted by molar-refractivity contribution is -0.141. The molecule has 3 rings (SSSR count). The van der Waals surface area contributed by atoms with Gasteiger partial charge in [-0.25, -0.2) is 0 Å². The molecule has 2 N–H and O–H groups in total. The quantitative estimate of drug-likeness (QED) is 0.810. The van der Waals surface area contributed by atoms with E-state index in [0.717, 1.165) is 28.6 Å². The molecule has 1 aliphatic rings. The molecule has 0 spiro atoms. The molecule has 0 saturated carbocycles. The van der Waals surface area contributed by atoms with Crippen molar-refractivity contribution >= 4 is 45.2 Å². The number of rotatable bonds is 2. The summed E-state index contributed by atoms with van der Waals surface area (Å²) < 4.78 is 5.83. The molecular weight excluding hydrogens is 344 g/mol. The third-order valence-electron chi connectivity index (χ3n) is 3.61. The van der Waals surface area contributed by atoms with E-state index in [4.69, 9.17) is 4.74 Å². The average molecular weight is 360 g/mol. The number of nitrogens with one attached hydrogen (secondary N) is 2. The number of ether oxygens (including phenoxy) is 1. The van der Waals surface area contributed by atoms with Crippen molar-refractivity contribution in [2.75, 3.05) is 13.7 Å². The fourth-order valence-corrected chi connectivity index (χ4v) is 3.07. The summed E-state index contributed by atoms with van der Waals surface area (Å²) in [4.78, 5) is 14.9. The van der Waals surface area contributed by atoms with Gasteiger partial charge in [0.15, 0.2) is 0 Å². The number of methoxy groups -OCH3 is 1. The van der Waals surface area contributed by atoms with Crippen molar-refractivity contribution in [1.29, 1.82) is 0 Å². The number of carbonyl (C=O) groups is 1. The Kier molecular flexibility index (Phi) is 4.73. The molecule has 108 valence electrons. The second-order valence-corrected chi connectivity index (χ2v) is 5.66. The van der Waals surface area contributed by atoms with Crippen molar-refractivity contribution in [1.82, 2.24) is 10.3 Å². The fourth-order valence-electron chi connectivity index (χ4n) is 2.71. The second kappa shape index (κ2) is 6.16. The fraction of sp³-hybridized carbons (Fsp3) is 0.357. The Morgan fingerprint density at radius 1 is 1.50 bits per heavy atom. The van der Waals surface area contributed by atoms with Gasteiger partial charge < -0.3 is 15.0 Å². The first-order valence-electron chi connectivity index (χ1n) is 6.29. The minimum Gasteiger partial charge on any atom is -0.469 e. The zero-order valence-electron chi connectivity index (χ0n) is 11.0. The van der Waals surface area contributed by atoms with E-state index in [0.29, 0.717) is 6.42 Å². The van der Waals surface area contributed by atoms with Crippen LogP contribution in [0.3, 0.4) is 0 Å². The van der Waals surface area contributed by atoms with Crippen molar-refractivity contribution < 1.29 is 9.53 Å². The van der Waals surface area contributed by atoms with Crippen molar-refractivity contribution in [3.63, 3.8) is 0 Å². The largest absolute Gasteiger partial charge is 0.469 e. The lowest BCUT2D eigenvalue weighted by Crippen LogP contribution is -2.31. The molecule has 20 heavy (non-hydrogen) atoms. The first-order chi connectivity index (χ1) is 9.19. The van der Waals surface area contributed by atoms with Gasteiger partial charge >= 0.3 is 5.97 Å². The van der Waals surface area contributed by atoms with Gasteiger partial charge in [0.25, 0.3) is 0 Å². The summed E-state index contributed by atoms with van der Waals surface area (Å²) in [6.07, 6.45) is 1.33. The van der Waals surface area contributed by atoms with Crippen molar-refractivity contribution in [3.8, 4) is 0 Å². The highest BCUT2D eigenvalue weighted by Gasteiger charge is 2.26. The Balaban J connectivity index is 0.00000147. The number of hydrogen-bond donors (Lipinski definition) is 2. The van der Waals surface area contributed by atoms with Gasteiger partial charge in [0.05, 0.1) is 19.6 Å². The van der Waals surface area contributed by atoms with Crippen molar-refractivity contribution in [3.05, 3.63) is 33.9 Å². The van der Waals surface area contributed by atoms with E-state index in [9.17, 15) is 4.79 Å². The highest BCUT2D eigenvalue weighted by molar-refractivity contribution is 9.10. The standard InChI is InChI=1S/C14H15BrN2O2.ClH/c1-19-13(18)7-12-14-9(4-5-16-12)10-6-8(15)2-3-11(10)17-14;/h2-3,6,12,16-17H,4-5,7H2,1H3;1H. The van der Waals surface area contributed by atoms with Gasteiger partial charge in [-0.1, -0.05) is 15.9 Å². The van der Waals surface area contributed by atoms with Crippen molar-refractivity contribution in [2.45, 2.75) is 18.9 Å². The molecule has 1 aromatic heterocycles.